The van der Waals surface area contributed by atoms with Crippen LogP contribution in [0.1, 0.15) is 25.1 Å². The van der Waals surface area contributed by atoms with Crippen LogP contribution in [0.2, 0.25) is 0 Å². The standard InChI is InChI=1S/C9H10FIO/c1-2-9(10)6-3-7(11)5-8(12)4-6/h3-5,9,12H,2H2,1H3. The molecule has 0 saturated heterocycles. The number of phenolic OH excluding ortho intramolecular Hbond substituents is 1. The van der Waals surface area contributed by atoms with Gasteiger partial charge in [-0.1, -0.05) is 6.92 Å². The maximum absolute atomic E-state index is 13.1. The number of phenols is 1. The van der Waals surface area contributed by atoms with Gasteiger partial charge in [-0.3, -0.25) is 0 Å². The minimum atomic E-state index is -0.967. The Balaban J connectivity index is 3.00. The second-order valence-corrected chi connectivity index (χ2v) is 3.86. The van der Waals surface area contributed by atoms with Gasteiger partial charge in [-0.15, -0.1) is 0 Å². The number of hydrogen-bond donors (Lipinski definition) is 1. The Labute approximate surface area is 84.7 Å². The van der Waals surface area contributed by atoms with Crippen LogP contribution in [-0.2, 0) is 0 Å². The van der Waals surface area contributed by atoms with Gasteiger partial charge in [0.05, 0.1) is 0 Å². The summed E-state index contributed by atoms with van der Waals surface area (Å²) in [6.07, 6.45) is -0.523. The van der Waals surface area contributed by atoms with E-state index < -0.39 is 6.17 Å². The Kier molecular flexibility index (Phi) is 3.31. The monoisotopic (exact) mass is 280 g/mol. The molecule has 0 heterocycles. The van der Waals surface area contributed by atoms with Crippen molar-refractivity contribution in [3.05, 3.63) is 27.3 Å². The molecule has 1 aromatic carbocycles. The highest BCUT2D eigenvalue weighted by molar-refractivity contribution is 14.1. The van der Waals surface area contributed by atoms with Crippen molar-refractivity contribution in [2.24, 2.45) is 0 Å². The van der Waals surface area contributed by atoms with E-state index in [1.54, 1.807) is 19.1 Å². The van der Waals surface area contributed by atoms with Crippen LogP contribution in [0, 0.1) is 3.57 Å². The van der Waals surface area contributed by atoms with Crippen LogP contribution < -0.4 is 0 Å². The molecular formula is C9H10FIO. The van der Waals surface area contributed by atoms with Gasteiger partial charge >= 0.3 is 0 Å². The van der Waals surface area contributed by atoms with Crippen LogP contribution in [-0.4, -0.2) is 5.11 Å². The molecule has 3 heteroatoms. The number of alkyl halides is 1. The molecule has 1 rings (SSSR count). The van der Waals surface area contributed by atoms with Gasteiger partial charge in [0, 0.05) is 3.57 Å². The first-order chi connectivity index (χ1) is 5.63. The lowest BCUT2D eigenvalue weighted by Gasteiger charge is -2.06. The molecule has 0 saturated carbocycles. The molecule has 1 nitrogen and oxygen atoms in total. The van der Waals surface area contributed by atoms with E-state index in [0.717, 1.165) is 3.57 Å². The smallest absolute Gasteiger partial charge is 0.125 e. The molecule has 1 N–H and O–H groups in total. The highest BCUT2D eigenvalue weighted by Gasteiger charge is 2.08. The first-order valence-corrected chi connectivity index (χ1v) is 4.85. The lowest BCUT2D eigenvalue weighted by Crippen LogP contribution is -1.89. The number of benzene rings is 1. The Bertz CT molecular complexity index is 255. The van der Waals surface area contributed by atoms with E-state index in [1.807, 2.05) is 0 Å². The number of halogens is 2. The van der Waals surface area contributed by atoms with E-state index in [2.05, 4.69) is 22.6 Å². The zero-order chi connectivity index (χ0) is 9.14. The average molecular weight is 280 g/mol. The molecule has 0 fully saturated rings. The number of rotatable bonds is 2. The molecule has 0 aliphatic carbocycles. The van der Waals surface area contributed by atoms with Crippen LogP contribution in [0.25, 0.3) is 0 Å². The van der Waals surface area contributed by atoms with Crippen LogP contribution in [0.4, 0.5) is 4.39 Å². The van der Waals surface area contributed by atoms with Crippen molar-refractivity contribution in [2.75, 3.05) is 0 Å². The Morgan fingerprint density at radius 2 is 2.17 bits per heavy atom. The second kappa shape index (κ2) is 4.07. The lowest BCUT2D eigenvalue weighted by molar-refractivity contribution is 0.333. The minimum Gasteiger partial charge on any atom is -0.508 e. The molecule has 1 atom stereocenters. The molecule has 0 spiro atoms. The summed E-state index contributed by atoms with van der Waals surface area (Å²) in [5, 5.41) is 9.17. The van der Waals surface area contributed by atoms with E-state index in [4.69, 9.17) is 5.11 Å². The molecule has 0 aliphatic rings. The highest BCUT2D eigenvalue weighted by Crippen LogP contribution is 2.26. The largest absolute Gasteiger partial charge is 0.508 e. The molecule has 0 aromatic heterocycles. The molecule has 0 radical (unpaired) electrons. The van der Waals surface area contributed by atoms with E-state index in [0.29, 0.717) is 12.0 Å². The van der Waals surface area contributed by atoms with E-state index in [9.17, 15) is 4.39 Å². The summed E-state index contributed by atoms with van der Waals surface area (Å²) in [4.78, 5) is 0. The number of aromatic hydroxyl groups is 1. The fraction of sp³-hybridized carbons (Fsp3) is 0.333. The summed E-state index contributed by atoms with van der Waals surface area (Å²) in [7, 11) is 0. The van der Waals surface area contributed by atoms with Gasteiger partial charge in [0.1, 0.15) is 11.9 Å². The van der Waals surface area contributed by atoms with E-state index >= 15 is 0 Å². The normalized spacial score (nSPS) is 12.9. The first-order valence-electron chi connectivity index (χ1n) is 3.77. The van der Waals surface area contributed by atoms with Gasteiger partial charge in [-0.05, 0) is 52.8 Å². The number of hydrogen-bond acceptors (Lipinski definition) is 1. The molecule has 0 amide bonds. The van der Waals surface area contributed by atoms with Crippen LogP contribution in [0.3, 0.4) is 0 Å². The third-order valence-electron chi connectivity index (χ3n) is 1.62. The highest BCUT2D eigenvalue weighted by atomic mass is 127. The maximum Gasteiger partial charge on any atom is 0.125 e. The van der Waals surface area contributed by atoms with Crippen molar-refractivity contribution in [3.63, 3.8) is 0 Å². The zero-order valence-electron chi connectivity index (χ0n) is 6.72. The predicted molar refractivity (Wildman–Crippen MR) is 55.0 cm³/mol. The summed E-state index contributed by atoms with van der Waals surface area (Å²) in [6, 6.07) is 4.82. The molecule has 1 aromatic rings. The molecule has 0 bridgehead atoms. The van der Waals surface area contributed by atoms with Gasteiger partial charge in [-0.25, -0.2) is 4.39 Å². The lowest BCUT2D eigenvalue weighted by atomic mass is 10.1. The van der Waals surface area contributed by atoms with Crippen molar-refractivity contribution in [2.45, 2.75) is 19.5 Å². The Morgan fingerprint density at radius 1 is 1.50 bits per heavy atom. The van der Waals surface area contributed by atoms with Gasteiger partial charge in [-0.2, -0.15) is 0 Å². The maximum atomic E-state index is 13.1. The Hall–Kier alpha value is -0.320. The average Bonchev–Trinajstić information content (AvgIpc) is 2.01. The van der Waals surface area contributed by atoms with Crippen molar-refractivity contribution >= 4 is 22.6 Å². The minimum absolute atomic E-state index is 0.132. The van der Waals surface area contributed by atoms with E-state index in [-0.39, 0.29) is 5.75 Å². The second-order valence-electron chi connectivity index (χ2n) is 2.62. The predicted octanol–water partition coefficient (Wildman–Crippen LogP) is 3.42. The summed E-state index contributed by atoms with van der Waals surface area (Å²) in [5.74, 6) is 0.132. The van der Waals surface area contributed by atoms with Crippen molar-refractivity contribution in [1.82, 2.24) is 0 Å². The molecule has 1 unspecified atom stereocenters. The quantitative estimate of drug-likeness (QED) is 0.823. The van der Waals surface area contributed by atoms with Crippen LogP contribution >= 0.6 is 22.6 Å². The van der Waals surface area contributed by atoms with Crippen LogP contribution in [0.15, 0.2) is 18.2 Å². The van der Waals surface area contributed by atoms with Crippen LogP contribution in [0.5, 0.6) is 5.75 Å². The third kappa shape index (κ3) is 2.33. The summed E-state index contributed by atoms with van der Waals surface area (Å²) in [6.45, 7) is 1.78. The molecule has 0 aliphatic heterocycles. The van der Waals surface area contributed by atoms with Crippen molar-refractivity contribution < 1.29 is 9.50 Å². The summed E-state index contributed by atoms with van der Waals surface area (Å²) >= 11 is 2.05. The van der Waals surface area contributed by atoms with E-state index in [1.165, 1.54) is 6.07 Å². The van der Waals surface area contributed by atoms with Gasteiger partial charge < -0.3 is 5.11 Å². The summed E-state index contributed by atoms with van der Waals surface area (Å²) in [5.41, 5.74) is 0.557. The fourth-order valence-electron chi connectivity index (χ4n) is 1.01. The zero-order valence-corrected chi connectivity index (χ0v) is 8.88. The first kappa shape index (κ1) is 9.77. The van der Waals surface area contributed by atoms with Crippen molar-refractivity contribution in [1.29, 1.82) is 0 Å². The van der Waals surface area contributed by atoms with Gasteiger partial charge in [0.2, 0.25) is 0 Å². The molecule has 66 valence electrons. The Morgan fingerprint density at radius 3 is 2.67 bits per heavy atom. The van der Waals surface area contributed by atoms with Crippen molar-refractivity contribution in [3.8, 4) is 5.75 Å². The summed E-state index contributed by atoms with van der Waals surface area (Å²) < 4.78 is 14.0. The fourth-order valence-corrected chi connectivity index (χ4v) is 1.69. The van der Waals surface area contributed by atoms with Gasteiger partial charge in [0.15, 0.2) is 0 Å². The topological polar surface area (TPSA) is 20.2 Å². The van der Waals surface area contributed by atoms with Gasteiger partial charge in [0.25, 0.3) is 0 Å². The SMILES string of the molecule is CCC(F)c1cc(O)cc(I)c1. The third-order valence-corrected chi connectivity index (χ3v) is 2.25. The molecule has 12 heavy (non-hydrogen) atoms. The molecular weight excluding hydrogens is 270 g/mol.